The minimum Gasteiger partial charge on any atom is -0.448 e. The number of carbonyl (C=O) groups excluding carboxylic acids is 2. The maximum absolute atomic E-state index is 10.9. The van der Waals surface area contributed by atoms with Crippen LogP contribution in [0.5, 0.6) is 0 Å². The van der Waals surface area contributed by atoms with Crippen molar-refractivity contribution in [3.8, 4) is 0 Å². The second-order valence-corrected chi connectivity index (χ2v) is 3.20. The third-order valence-electron chi connectivity index (χ3n) is 1.84. The van der Waals surface area contributed by atoms with Gasteiger partial charge in [0.25, 0.3) is 5.91 Å². The van der Waals surface area contributed by atoms with E-state index < -0.39 is 18.0 Å². The summed E-state index contributed by atoms with van der Waals surface area (Å²) in [6.07, 6.45) is 2.12. The lowest BCUT2D eigenvalue weighted by atomic mass is 10.2. The Kier molecular flexibility index (Phi) is 4.27. The minimum atomic E-state index is -1.02. The van der Waals surface area contributed by atoms with Crippen LogP contribution in [0.25, 0.3) is 6.08 Å². The van der Waals surface area contributed by atoms with E-state index in [9.17, 15) is 9.59 Å². The molecule has 0 spiro atoms. The molecule has 4 heteroatoms. The normalized spacial score (nSPS) is 12.3. The standard InChI is InChI=1S/C12H13NO3/c1-9(14)16-11(12(13)15)8-7-10-5-3-2-4-6-10/h2-8,11H,1H3,(H2,13,15)/b8-7+/t11-/m1/s1. The van der Waals surface area contributed by atoms with Crippen LogP contribution >= 0.6 is 0 Å². The Labute approximate surface area is 93.7 Å². The smallest absolute Gasteiger partial charge is 0.303 e. The fourth-order valence-electron chi connectivity index (χ4n) is 1.13. The molecule has 0 saturated heterocycles. The summed E-state index contributed by atoms with van der Waals surface area (Å²) < 4.78 is 4.73. The molecule has 0 heterocycles. The summed E-state index contributed by atoms with van der Waals surface area (Å²) >= 11 is 0. The summed E-state index contributed by atoms with van der Waals surface area (Å²) in [5, 5.41) is 0. The van der Waals surface area contributed by atoms with Gasteiger partial charge in [0.1, 0.15) is 0 Å². The molecule has 0 radical (unpaired) electrons. The van der Waals surface area contributed by atoms with Gasteiger partial charge in [-0.3, -0.25) is 9.59 Å². The summed E-state index contributed by atoms with van der Waals surface area (Å²) in [6.45, 7) is 1.23. The third kappa shape index (κ3) is 3.96. The van der Waals surface area contributed by atoms with Crippen LogP contribution in [0.3, 0.4) is 0 Å². The highest BCUT2D eigenvalue weighted by atomic mass is 16.5. The molecule has 0 aliphatic rings. The van der Waals surface area contributed by atoms with Crippen molar-refractivity contribution in [3.63, 3.8) is 0 Å². The van der Waals surface area contributed by atoms with Gasteiger partial charge in [-0.05, 0) is 11.6 Å². The molecule has 0 aliphatic heterocycles. The average Bonchev–Trinajstić information content (AvgIpc) is 2.25. The van der Waals surface area contributed by atoms with Crippen LogP contribution in [-0.2, 0) is 14.3 Å². The molecule has 2 N–H and O–H groups in total. The number of nitrogens with two attached hydrogens (primary N) is 1. The molecular weight excluding hydrogens is 206 g/mol. The van der Waals surface area contributed by atoms with E-state index in [0.717, 1.165) is 5.56 Å². The molecule has 0 aliphatic carbocycles. The first-order chi connectivity index (χ1) is 7.59. The molecule has 1 aromatic rings. The van der Waals surface area contributed by atoms with Gasteiger partial charge in [0, 0.05) is 6.92 Å². The largest absolute Gasteiger partial charge is 0.448 e. The summed E-state index contributed by atoms with van der Waals surface area (Å²) in [6, 6.07) is 9.34. The Hall–Kier alpha value is -2.10. The van der Waals surface area contributed by atoms with Gasteiger partial charge in [0.15, 0.2) is 6.10 Å². The molecule has 16 heavy (non-hydrogen) atoms. The summed E-state index contributed by atoms with van der Waals surface area (Å²) in [4.78, 5) is 21.7. The molecule has 1 amide bonds. The average molecular weight is 219 g/mol. The van der Waals surface area contributed by atoms with E-state index in [4.69, 9.17) is 10.5 Å². The van der Waals surface area contributed by atoms with Crippen molar-refractivity contribution in [3.05, 3.63) is 42.0 Å². The molecule has 0 aromatic heterocycles. The fraction of sp³-hybridized carbons (Fsp3) is 0.167. The first-order valence-corrected chi connectivity index (χ1v) is 4.79. The second-order valence-electron chi connectivity index (χ2n) is 3.20. The van der Waals surface area contributed by atoms with E-state index in [2.05, 4.69) is 0 Å². The van der Waals surface area contributed by atoms with E-state index in [1.807, 2.05) is 30.3 Å². The summed E-state index contributed by atoms with van der Waals surface area (Å²) in [5.41, 5.74) is 5.99. The highest BCUT2D eigenvalue weighted by molar-refractivity contribution is 5.84. The molecule has 1 rings (SSSR count). The van der Waals surface area contributed by atoms with E-state index in [0.29, 0.717) is 0 Å². The minimum absolute atomic E-state index is 0.540. The number of ether oxygens (including phenoxy) is 1. The zero-order valence-corrected chi connectivity index (χ0v) is 8.92. The quantitative estimate of drug-likeness (QED) is 0.771. The predicted octanol–water partition coefficient (Wildman–Crippen LogP) is 1.12. The number of esters is 1. The molecule has 0 bridgehead atoms. The van der Waals surface area contributed by atoms with Crippen LogP contribution in [0, 0.1) is 0 Å². The van der Waals surface area contributed by atoms with Crippen molar-refractivity contribution in [2.24, 2.45) is 5.73 Å². The Morgan fingerprint density at radius 1 is 1.31 bits per heavy atom. The van der Waals surface area contributed by atoms with Gasteiger partial charge in [0.2, 0.25) is 0 Å². The van der Waals surface area contributed by atoms with Gasteiger partial charge < -0.3 is 10.5 Å². The Morgan fingerprint density at radius 3 is 2.44 bits per heavy atom. The van der Waals surface area contributed by atoms with Crippen LogP contribution in [0.1, 0.15) is 12.5 Å². The number of hydrogen-bond acceptors (Lipinski definition) is 3. The lowest BCUT2D eigenvalue weighted by Crippen LogP contribution is -2.30. The van der Waals surface area contributed by atoms with Crippen molar-refractivity contribution in [1.82, 2.24) is 0 Å². The Morgan fingerprint density at radius 2 is 1.94 bits per heavy atom. The van der Waals surface area contributed by atoms with Crippen LogP contribution in [-0.4, -0.2) is 18.0 Å². The summed E-state index contributed by atoms with van der Waals surface area (Å²) in [5.74, 6) is -1.23. The topological polar surface area (TPSA) is 69.4 Å². The van der Waals surface area contributed by atoms with Crippen molar-refractivity contribution in [1.29, 1.82) is 0 Å². The maximum Gasteiger partial charge on any atom is 0.303 e. The second kappa shape index (κ2) is 5.70. The number of amides is 1. The zero-order chi connectivity index (χ0) is 12.0. The number of primary amides is 1. The SMILES string of the molecule is CC(=O)O[C@H](/C=C/c1ccccc1)C(N)=O. The number of carbonyl (C=O) groups is 2. The summed E-state index contributed by atoms with van der Waals surface area (Å²) in [7, 11) is 0. The highest BCUT2D eigenvalue weighted by Crippen LogP contribution is 2.04. The van der Waals surface area contributed by atoms with Crippen molar-refractivity contribution in [2.75, 3.05) is 0 Å². The van der Waals surface area contributed by atoms with Crippen LogP contribution in [0.2, 0.25) is 0 Å². The van der Waals surface area contributed by atoms with E-state index in [-0.39, 0.29) is 0 Å². The molecular formula is C12H13NO3. The van der Waals surface area contributed by atoms with Gasteiger partial charge in [-0.1, -0.05) is 36.4 Å². The highest BCUT2D eigenvalue weighted by Gasteiger charge is 2.14. The van der Waals surface area contributed by atoms with Crippen LogP contribution in [0.4, 0.5) is 0 Å². The van der Waals surface area contributed by atoms with Gasteiger partial charge in [0.05, 0.1) is 0 Å². The lowest BCUT2D eigenvalue weighted by Gasteiger charge is -2.08. The zero-order valence-electron chi connectivity index (χ0n) is 8.92. The van der Waals surface area contributed by atoms with Crippen LogP contribution in [0.15, 0.2) is 36.4 Å². The lowest BCUT2D eigenvalue weighted by molar-refractivity contribution is -0.149. The molecule has 0 fully saturated rings. The van der Waals surface area contributed by atoms with E-state index in [1.165, 1.54) is 13.0 Å². The Bertz CT molecular complexity index is 398. The van der Waals surface area contributed by atoms with E-state index in [1.54, 1.807) is 6.08 Å². The molecule has 4 nitrogen and oxygen atoms in total. The predicted molar refractivity (Wildman–Crippen MR) is 60.2 cm³/mol. The van der Waals surface area contributed by atoms with Crippen LogP contribution < -0.4 is 5.73 Å². The fourth-order valence-corrected chi connectivity index (χ4v) is 1.13. The first kappa shape index (κ1) is 12.0. The van der Waals surface area contributed by atoms with Crippen molar-refractivity contribution < 1.29 is 14.3 Å². The van der Waals surface area contributed by atoms with Gasteiger partial charge in [-0.2, -0.15) is 0 Å². The number of benzene rings is 1. The molecule has 0 unspecified atom stereocenters. The molecule has 1 atom stereocenters. The van der Waals surface area contributed by atoms with Crippen molar-refractivity contribution >= 4 is 18.0 Å². The monoisotopic (exact) mass is 219 g/mol. The Balaban J connectivity index is 2.72. The van der Waals surface area contributed by atoms with Gasteiger partial charge in [-0.25, -0.2) is 0 Å². The first-order valence-electron chi connectivity index (χ1n) is 4.79. The van der Waals surface area contributed by atoms with E-state index >= 15 is 0 Å². The number of hydrogen-bond donors (Lipinski definition) is 1. The van der Waals surface area contributed by atoms with Gasteiger partial charge in [-0.15, -0.1) is 0 Å². The third-order valence-corrected chi connectivity index (χ3v) is 1.84. The van der Waals surface area contributed by atoms with Crippen molar-refractivity contribution in [2.45, 2.75) is 13.0 Å². The van der Waals surface area contributed by atoms with Gasteiger partial charge >= 0.3 is 5.97 Å². The maximum atomic E-state index is 10.9. The molecule has 0 saturated carbocycles. The number of rotatable bonds is 4. The molecule has 84 valence electrons. The molecule has 1 aromatic carbocycles.